The highest BCUT2D eigenvalue weighted by Crippen LogP contribution is 2.29. The molecule has 24 heavy (non-hydrogen) atoms. The zero-order valence-electron chi connectivity index (χ0n) is 15.4. The van der Waals surface area contributed by atoms with Crippen LogP contribution in [0.15, 0.2) is 4.42 Å². The number of carbonyl (C=O) groups excluding carboxylic acids is 1. The van der Waals surface area contributed by atoms with E-state index in [1.54, 1.807) is 6.92 Å². The van der Waals surface area contributed by atoms with Gasteiger partial charge in [-0.05, 0) is 40.5 Å². The SMILES string of the molecule is Cc1nnc(C(C)NCC2(NC(=O)OC(C)(C)C)CCCCC2)o1. The van der Waals surface area contributed by atoms with Crippen LogP contribution in [-0.4, -0.2) is 34.0 Å². The average Bonchev–Trinajstić information content (AvgIpc) is 2.90. The third-order valence-corrected chi connectivity index (χ3v) is 4.24. The number of rotatable bonds is 5. The number of hydrogen-bond acceptors (Lipinski definition) is 6. The van der Waals surface area contributed by atoms with Crippen molar-refractivity contribution >= 4 is 6.09 Å². The van der Waals surface area contributed by atoms with Gasteiger partial charge in [0.05, 0.1) is 11.6 Å². The van der Waals surface area contributed by atoms with Gasteiger partial charge < -0.3 is 19.8 Å². The van der Waals surface area contributed by atoms with Gasteiger partial charge in [0.2, 0.25) is 11.8 Å². The summed E-state index contributed by atoms with van der Waals surface area (Å²) >= 11 is 0. The lowest BCUT2D eigenvalue weighted by Gasteiger charge is -2.39. The lowest BCUT2D eigenvalue weighted by Crippen LogP contribution is -2.56. The minimum absolute atomic E-state index is 0.0644. The van der Waals surface area contributed by atoms with Gasteiger partial charge in [-0.2, -0.15) is 0 Å². The molecule has 136 valence electrons. The minimum atomic E-state index is -0.498. The minimum Gasteiger partial charge on any atom is -0.444 e. The maximum absolute atomic E-state index is 12.2. The molecule has 2 rings (SSSR count). The molecule has 1 saturated carbocycles. The lowest BCUT2D eigenvalue weighted by molar-refractivity contribution is 0.0420. The van der Waals surface area contributed by atoms with Crippen molar-refractivity contribution in [2.24, 2.45) is 0 Å². The first kappa shape index (κ1) is 18.7. The highest BCUT2D eigenvalue weighted by molar-refractivity contribution is 5.68. The summed E-state index contributed by atoms with van der Waals surface area (Å²) in [6.45, 7) is 10.0. The van der Waals surface area contributed by atoms with E-state index in [9.17, 15) is 4.79 Å². The van der Waals surface area contributed by atoms with Crippen molar-refractivity contribution in [3.8, 4) is 0 Å². The molecule has 2 N–H and O–H groups in total. The molecule has 1 aromatic heterocycles. The monoisotopic (exact) mass is 338 g/mol. The topological polar surface area (TPSA) is 89.3 Å². The molecule has 1 aromatic rings. The third kappa shape index (κ3) is 5.47. The number of aromatic nitrogens is 2. The Bertz CT molecular complexity index is 544. The van der Waals surface area contributed by atoms with E-state index in [2.05, 4.69) is 20.8 Å². The molecule has 7 heteroatoms. The number of nitrogens with one attached hydrogen (secondary N) is 2. The number of amides is 1. The van der Waals surface area contributed by atoms with Crippen LogP contribution in [0.3, 0.4) is 0 Å². The fourth-order valence-corrected chi connectivity index (χ4v) is 3.02. The van der Waals surface area contributed by atoms with Crippen LogP contribution in [0.1, 0.15) is 77.6 Å². The van der Waals surface area contributed by atoms with E-state index in [-0.39, 0.29) is 17.7 Å². The van der Waals surface area contributed by atoms with E-state index in [1.165, 1.54) is 6.42 Å². The summed E-state index contributed by atoms with van der Waals surface area (Å²) in [5.41, 5.74) is -0.786. The van der Waals surface area contributed by atoms with Gasteiger partial charge in [0.1, 0.15) is 5.60 Å². The Morgan fingerprint density at radius 2 is 1.96 bits per heavy atom. The van der Waals surface area contributed by atoms with Gasteiger partial charge in [0.25, 0.3) is 0 Å². The highest BCUT2D eigenvalue weighted by atomic mass is 16.6. The largest absolute Gasteiger partial charge is 0.444 e. The van der Waals surface area contributed by atoms with Gasteiger partial charge in [-0.1, -0.05) is 19.3 Å². The first-order valence-electron chi connectivity index (χ1n) is 8.74. The molecule has 1 amide bonds. The zero-order valence-corrected chi connectivity index (χ0v) is 15.4. The standard InChI is InChI=1S/C17H30N4O3/c1-12(14-21-20-13(2)23-14)18-11-17(9-7-6-8-10-17)19-15(22)24-16(3,4)5/h12,18H,6-11H2,1-5H3,(H,19,22). The fraction of sp³-hybridized carbons (Fsp3) is 0.824. The Morgan fingerprint density at radius 1 is 1.29 bits per heavy atom. The average molecular weight is 338 g/mol. The Labute approximate surface area is 143 Å². The predicted octanol–water partition coefficient (Wildman–Crippen LogP) is 3.26. The molecular weight excluding hydrogens is 308 g/mol. The Hall–Kier alpha value is -1.63. The van der Waals surface area contributed by atoms with E-state index in [0.29, 0.717) is 18.3 Å². The molecule has 1 aliphatic carbocycles. The molecule has 1 aliphatic rings. The number of hydrogen-bond donors (Lipinski definition) is 2. The van der Waals surface area contributed by atoms with E-state index >= 15 is 0 Å². The van der Waals surface area contributed by atoms with Gasteiger partial charge in [-0.15, -0.1) is 10.2 Å². The summed E-state index contributed by atoms with van der Waals surface area (Å²) in [7, 11) is 0. The molecule has 0 spiro atoms. The maximum atomic E-state index is 12.2. The predicted molar refractivity (Wildman–Crippen MR) is 90.6 cm³/mol. The van der Waals surface area contributed by atoms with Crippen molar-refractivity contribution < 1.29 is 13.9 Å². The zero-order chi connectivity index (χ0) is 17.8. The third-order valence-electron chi connectivity index (χ3n) is 4.24. The van der Waals surface area contributed by atoms with E-state index < -0.39 is 5.60 Å². The molecule has 0 saturated heterocycles. The second-order valence-corrected chi connectivity index (χ2v) is 7.73. The maximum Gasteiger partial charge on any atom is 0.408 e. The van der Waals surface area contributed by atoms with E-state index in [0.717, 1.165) is 25.7 Å². The van der Waals surface area contributed by atoms with E-state index in [4.69, 9.17) is 9.15 Å². The summed E-state index contributed by atoms with van der Waals surface area (Å²) in [5.74, 6) is 1.12. The molecule has 0 bridgehead atoms. The highest BCUT2D eigenvalue weighted by Gasteiger charge is 2.35. The normalized spacial score (nSPS) is 18.9. The van der Waals surface area contributed by atoms with Crippen LogP contribution in [0.4, 0.5) is 4.79 Å². The first-order chi connectivity index (χ1) is 11.2. The summed E-state index contributed by atoms with van der Waals surface area (Å²) in [4.78, 5) is 12.2. The molecule has 1 heterocycles. The van der Waals surface area contributed by atoms with Crippen LogP contribution in [0.25, 0.3) is 0 Å². The van der Waals surface area contributed by atoms with Crippen molar-refractivity contribution in [3.05, 3.63) is 11.8 Å². The van der Waals surface area contributed by atoms with Crippen LogP contribution < -0.4 is 10.6 Å². The van der Waals surface area contributed by atoms with Gasteiger partial charge in [-0.3, -0.25) is 0 Å². The number of alkyl carbamates (subject to hydrolysis) is 1. The van der Waals surface area contributed by atoms with Crippen molar-refractivity contribution in [2.75, 3.05) is 6.54 Å². The van der Waals surface area contributed by atoms with Gasteiger partial charge in [0.15, 0.2) is 0 Å². The smallest absolute Gasteiger partial charge is 0.408 e. The Morgan fingerprint density at radius 3 is 2.50 bits per heavy atom. The van der Waals surface area contributed by atoms with Crippen LogP contribution in [0.5, 0.6) is 0 Å². The van der Waals surface area contributed by atoms with Gasteiger partial charge >= 0.3 is 6.09 Å². The van der Waals surface area contributed by atoms with Crippen LogP contribution >= 0.6 is 0 Å². The van der Waals surface area contributed by atoms with Crippen LogP contribution in [-0.2, 0) is 4.74 Å². The van der Waals surface area contributed by atoms with Crippen molar-refractivity contribution in [1.82, 2.24) is 20.8 Å². The number of ether oxygens (including phenoxy) is 1. The number of aryl methyl sites for hydroxylation is 1. The van der Waals surface area contributed by atoms with Crippen molar-refractivity contribution in [3.63, 3.8) is 0 Å². The summed E-state index contributed by atoms with van der Waals surface area (Å²) in [6.07, 6.45) is 4.93. The number of nitrogens with zero attached hydrogens (tertiary/aromatic N) is 2. The van der Waals surface area contributed by atoms with Crippen LogP contribution in [0, 0.1) is 6.92 Å². The molecule has 0 radical (unpaired) electrons. The Kier molecular flexibility index (Phi) is 5.85. The van der Waals surface area contributed by atoms with Crippen LogP contribution in [0.2, 0.25) is 0 Å². The molecule has 0 aromatic carbocycles. The first-order valence-corrected chi connectivity index (χ1v) is 8.74. The lowest BCUT2D eigenvalue weighted by atomic mass is 9.81. The quantitative estimate of drug-likeness (QED) is 0.856. The molecule has 0 aliphatic heterocycles. The van der Waals surface area contributed by atoms with Crippen molar-refractivity contribution in [2.45, 2.75) is 83.9 Å². The summed E-state index contributed by atoms with van der Waals surface area (Å²) in [5, 5.41) is 14.4. The Balaban J connectivity index is 1.98. The fourth-order valence-electron chi connectivity index (χ4n) is 3.02. The second kappa shape index (κ2) is 7.51. The summed E-state index contributed by atoms with van der Waals surface area (Å²) in [6, 6.07) is -0.0644. The molecule has 1 atom stereocenters. The second-order valence-electron chi connectivity index (χ2n) is 7.73. The molecule has 7 nitrogen and oxygen atoms in total. The molecular formula is C17H30N4O3. The number of carbonyl (C=O) groups is 1. The molecule has 1 fully saturated rings. The summed E-state index contributed by atoms with van der Waals surface area (Å²) < 4.78 is 10.9. The van der Waals surface area contributed by atoms with Gasteiger partial charge in [0, 0.05) is 13.5 Å². The molecule has 1 unspecified atom stereocenters. The van der Waals surface area contributed by atoms with Gasteiger partial charge in [-0.25, -0.2) is 4.79 Å². The van der Waals surface area contributed by atoms with E-state index in [1.807, 2.05) is 27.7 Å². The van der Waals surface area contributed by atoms with Crippen molar-refractivity contribution in [1.29, 1.82) is 0 Å².